The van der Waals surface area contributed by atoms with Crippen LogP contribution in [-0.4, -0.2) is 56.6 Å². The first kappa shape index (κ1) is 24.3. The second kappa shape index (κ2) is 9.82. The van der Waals surface area contributed by atoms with Crippen LogP contribution in [0.1, 0.15) is 36.3 Å². The van der Waals surface area contributed by atoms with Gasteiger partial charge in [-0.2, -0.15) is 0 Å². The summed E-state index contributed by atoms with van der Waals surface area (Å²) >= 11 is 0. The van der Waals surface area contributed by atoms with Gasteiger partial charge in [0.25, 0.3) is 0 Å². The molecule has 1 heterocycles. The van der Waals surface area contributed by atoms with E-state index in [1.54, 1.807) is 0 Å². The van der Waals surface area contributed by atoms with Gasteiger partial charge in [0.05, 0.1) is 16.9 Å². The Morgan fingerprint density at radius 1 is 1.06 bits per heavy atom. The van der Waals surface area contributed by atoms with Gasteiger partial charge >= 0.3 is 6.09 Å². The highest BCUT2D eigenvalue weighted by atomic mass is 32.2. The van der Waals surface area contributed by atoms with Gasteiger partial charge in [0.1, 0.15) is 19.0 Å². The van der Waals surface area contributed by atoms with Crippen LogP contribution in [0.5, 0.6) is 0 Å². The molecule has 5 atom stereocenters. The van der Waals surface area contributed by atoms with E-state index >= 15 is 0 Å². The number of hydrogen-bond acceptors (Lipinski definition) is 5. The Balaban J connectivity index is 1.62. The number of halogens is 2. The number of benzene rings is 2. The molecule has 9 heteroatoms. The average molecular weight is 492 g/mol. The summed E-state index contributed by atoms with van der Waals surface area (Å²) in [6, 6.07) is 14.8. The minimum absolute atomic E-state index is 0.00423. The first-order valence-corrected chi connectivity index (χ1v) is 13.1. The maximum Gasteiger partial charge on any atom is 0.417 e. The number of carbonyl (C=O) groups excluding carboxylic acids is 2. The predicted molar refractivity (Wildman–Crippen MR) is 122 cm³/mol. The number of carbonyl (C=O) groups is 2. The molecule has 1 aliphatic heterocycles. The van der Waals surface area contributed by atoms with Gasteiger partial charge in [-0.25, -0.2) is 26.9 Å². The van der Waals surface area contributed by atoms with Crippen molar-refractivity contribution in [1.82, 2.24) is 4.90 Å². The number of rotatable bonds is 7. The van der Waals surface area contributed by atoms with Gasteiger partial charge in [0.2, 0.25) is 5.91 Å². The molecule has 1 saturated heterocycles. The molecule has 0 radical (unpaired) electrons. The number of nitrogens with zero attached hydrogens (tertiary/aromatic N) is 1. The highest BCUT2D eigenvalue weighted by Crippen LogP contribution is 2.39. The normalized spacial score (nSPS) is 25.9. The first-order chi connectivity index (χ1) is 16.1. The highest BCUT2D eigenvalue weighted by molar-refractivity contribution is 7.90. The van der Waals surface area contributed by atoms with Crippen LogP contribution in [0.15, 0.2) is 59.5 Å². The third kappa shape index (κ3) is 5.29. The van der Waals surface area contributed by atoms with Crippen molar-refractivity contribution >= 4 is 21.8 Å². The summed E-state index contributed by atoms with van der Waals surface area (Å²) in [7, 11) is -3.44. The molecular formula is C25H27F2NO5S. The summed E-state index contributed by atoms with van der Waals surface area (Å²) in [6.07, 6.45) is -2.23. The summed E-state index contributed by atoms with van der Waals surface area (Å²) < 4.78 is 56.6. The molecule has 182 valence electrons. The van der Waals surface area contributed by atoms with Gasteiger partial charge in [0, 0.05) is 6.26 Å². The van der Waals surface area contributed by atoms with Crippen LogP contribution in [0, 0.1) is 5.92 Å². The molecule has 0 spiro atoms. The minimum atomic E-state index is -3.44. The molecule has 34 heavy (non-hydrogen) atoms. The van der Waals surface area contributed by atoms with Gasteiger partial charge in [-0.1, -0.05) is 42.5 Å². The minimum Gasteiger partial charge on any atom is -0.447 e. The maximum absolute atomic E-state index is 13.9. The van der Waals surface area contributed by atoms with Crippen molar-refractivity contribution in [3.63, 3.8) is 0 Å². The van der Waals surface area contributed by atoms with Crippen molar-refractivity contribution in [2.24, 2.45) is 5.92 Å². The molecule has 0 aromatic heterocycles. The fourth-order valence-corrected chi connectivity index (χ4v) is 5.45. The summed E-state index contributed by atoms with van der Waals surface area (Å²) in [4.78, 5) is 27.5. The summed E-state index contributed by atoms with van der Waals surface area (Å²) in [5, 5.41) is 0. The van der Waals surface area contributed by atoms with E-state index in [2.05, 4.69) is 0 Å². The van der Waals surface area contributed by atoms with Crippen molar-refractivity contribution < 1.29 is 31.5 Å². The van der Waals surface area contributed by atoms with Crippen LogP contribution < -0.4 is 0 Å². The molecule has 2 aliphatic rings. The molecule has 0 bridgehead atoms. The topological polar surface area (TPSA) is 80.8 Å². The van der Waals surface area contributed by atoms with Crippen LogP contribution in [0.25, 0.3) is 0 Å². The lowest BCUT2D eigenvalue weighted by molar-refractivity contribution is -0.131. The quantitative estimate of drug-likeness (QED) is 0.579. The number of amides is 2. The molecular weight excluding hydrogens is 464 g/mol. The molecule has 1 saturated carbocycles. The monoisotopic (exact) mass is 491 g/mol. The van der Waals surface area contributed by atoms with E-state index in [0.717, 1.165) is 16.7 Å². The molecule has 2 aromatic rings. The van der Waals surface area contributed by atoms with E-state index in [0.29, 0.717) is 12.0 Å². The van der Waals surface area contributed by atoms with Gasteiger partial charge in [0.15, 0.2) is 9.84 Å². The number of alkyl halides is 2. The smallest absolute Gasteiger partial charge is 0.417 e. The van der Waals surface area contributed by atoms with E-state index in [4.69, 9.17) is 4.74 Å². The van der Waals surface area contributed by atoms with Crippen LogP contribution in [0.2, 0.25) is 0 Å². The standard InChI is InChI=1S/C25H27F2NO5S/c1-34(31,32)20-9-7-18(8-10-20)21(12-17-13-22(26)23(27)14-17)24(29)28-19(15-33-25(28)30)11-16-5-3-2-4-6-16/h2-10,17,19,21-23H,11-15H2,1H3/t17?,19-,21?,22-,23+/m1/s1. The fourth-order valence-electron chi connectivity index (χ4n) is 4.82. The van der Waals surface area contributed by atoms with Crippen LogP contribution in [-0.2, 0) is 25.8 Å². The van der Waals surface area contributed by atoms with Gasteiger partial charge in [-0.15, -0.1) is 0 Å². The SMILES string of the molecule is CS(=O)(=O)c1ccc(C(CC2C[C@@H](F)[C@@H](F)C2)C(=O)N2C(=O)OC[C@H]2Cc2ccccc2)cc1. The fraction of sp³-hybridized carbons (Fsp3) is 0.440. The van der Waals surface area contributed by atoms with Crippen molar-refractivity contribution in [1.29, 1.82) is 0 Å². The zero-order valence-electron chi connectivity index (χ0n) is 18.8. The van der Waals surface area contributed by atoms with E-state index in [-0.39, 0.29) is 36.7 Å². The zero-order valence-corrected chi connectivity index (χ0v) is 19.6. The Morgan fingerprint density at radius 3 is 2.26 bits per heavy atom. The van der Waals surface area contributed by atoms with Crippen molar-refractivity contribution in [2.75, 3.05) is 12.9 Å². The molecule has 1 aliphatic carbocycles. The summed E-state index contributed by atoms with van der Waals surface area (Å²) in [5.41, 5.74) is 1.43. The Bertz CT molecular complexity index is 1130. The molecule has 2 fully saturated rings. The Kier molecular flexibility index (Phi) is 7.02. The second-order valence-corrected chi connectivity index (χ2v) is 11.1. The van der Waals surface area contributed by atoms with E-state index in [1.807, 2.05) is 30.3 Å². The van der Waals surface area contributed by atoms with Gasteiger partial charge in [-0.05, 0) is 54.9 Å². The Morgan fingerprint density at radius 2 is 1.68 bits per heavy atom. The third-order valence-corrected chi connectivity index (χ3v) is 7.73. The summed E-state index contributed by atoms with van der Waals surface area (Å²) in [5.74, 6) is -1.74. The predicted octanol–water partition coefficient (Wildman–Crippen LogP) is 4.24. The second-order valence-electron chi connectivity index (χ2n) is 9.13. The van der Waals surface area contributed by atoms with Crippen LogP contribution in [0.4, 0.5) is 13.6 Å². The molecule has 2 amide bonds. The molecule has 0 N–H and O–H groups in total. The Hall–Kier alpha value is -2.81. The van der Waals surface area contributed by atoms with E-state index in [1.165, 1.54) is 24.3 Å². The van der Waals surface area contributed by atoms with Crippen molar-refractivity contribution in [2.45, 2.75) is 54.9 Å². The van der Waals surface area contributed by atoms with Crippen LogP contribution in [0.3, 0.4) is 0 Å². The summed E-state index contributed by atoms with van der Waals surface area (Å²) in [6.45, 7) is 0.0573. The number of cyclic esters (lactones) is 1. The highest BCUT2D eigenvalue weighted by Gasteiger charge is 2.43. The molecule has 2 unspecified atom stereocenters. The molecule has 2 aromatic carbocycles. The van der Waals surface area contributed by atoms with Crippen molar-refractivity contribution in [3.05, 3.63) is 65.7 Å². The number of hydrogen-bond donors (Lipinski definition) is 0. The maximum atomic E-state index is 13.9. The lowest BCUT2D eigenvalue weighted by atomic mass is 9.86. The largest absolute Gasteiger partial charge is 0.447 e. The average Bonchev–Trinajstić information content (AvgIpc) is 3.32. The van der Waals surface area contributed by atoms with Gasteiger partial charge in [-0.3, -0.25) is 4.79 Å². The lowest BCUT2D eigenvalue weighted by Crippen LogP contribution is -2.43. The number of imide groups is 1. The number of sulfone groups is 1. The van der Waals surface area contributed by atoms with E-state index in [9.17, 15) is 26.8 Å². The van der Waals surface area contributed by atoms with E-state index < -0.39 is 46.1 Å². The first-order valence-electron chi connectivity index (χ1n) is 11.3. The Labute approximate surface area is 197 Å². The molecule has 6 nitrogen and oxygen atoms in total. The lowest BCUT2D eigenvalue weighted by Gasteiger charge is -2.27. The van der Waals surface area contributed by atoms with Crippen molar-refractivity contribution in [3.8, 4) is 0 Å². The van der Waals surface area contributed by atoms with Crippen LogP contribution >= 0.6 is 0 Å². The molecule has 4 rings (SSSR count). The van der Waals surface area contributed by atoms with Gasteiger partial charge < -0.3 is 4.74 Å². The zero-order chi connectivity index (χ0) is 24.5. The third-order valence-electron chi connectivity index (χ3n) is 6.60. The number of ether oxygens (including phenoxy) is 1.